The predicted octanol–water partition coefficient (Wildman–Crippen LogP) is 1.54. The number of nitrogens with one attached hydrogen (secondary N) is 1. The molecule has 0 amide bonds. The molecule has 0 aliphatic carbocycles. The minimum absolute atomic E-state index is 0.365. The summed E-state index contributed by atoms with van der Waals surface area (Å²) in [5.74, 6) is 8.08. The maximum atomic E-state index is 5.72. The monoisotopic (exact) mass is 304 g/mol. The smallest absolute Gasteiger partial charge is 0.263 e. The van der Waals surface area contributed by atoms with Crippen molar-refractivity contribution in [2.75, 3.05) is 24.5 Å². The number of ether oxygens (including phenoxy) is 2. The van der Waals surface area contributed by atoms with Crippen LogP contribution in [-0.2, 0) is 0 Å². The third kappa shape index (κ3) is 3.66. The molecule has 0 saturated heterocycles. The van der Waals surface area contributed by atoms with Crippen molar-refractivity contribution < 1.29 is 9.47 Å². The molecule has 1 heterocycles. The molecule has 0 aliphatic rings. The highest BCUT2D eigenvalue weighted by atomic mass is 16.5. The van der Waals surface area contributed by atoms with Crippen molar-refractivity contribution in [3.8, 4) is 11.5 Å². The molecule has 0 saturated carbocycles. The Morgan fingerprint density at radius 1 is 1.23 bits per heavy atom. The van der Waals surface area contributed by atoms with Crippen molar-refractivity contribution in [3.63, 3.8) is 0 Å². The summed E-state index contributed by atoms with van der Waals surface area (Å²) < 4.78 is 12.4. The number of hydrogen-bond donors (Lipinski definition) is 2. The maximum Gasteiger partial charge on any atom is 0.263 e. The van der Waals surface area contributed by atoms with E-state index in [1.54, 1.807) is 13.1 Å². The van der Waals surface area contributed by atoms with Gasteiger partial charge in [-0.1, -0.05) is 0 Å². The van der Waals surface area contributed by atoms with E-state index in [9.17, 15) is 0 Å². The Bertz CT molecular complexity index is 653. The van der Waals surface area contributed by atoms with Gasteiger partial charge in [0.15, 0.2) is 17.3 Å². The SMILES string of the molecule is CCOc1ccc(/C=N\Nc2nnc(C)n2N)cc1OCC. The molecule has 0 bridgehead atoms. The third-order valence-corrected chi connectivity index (χ3v) is 2.81. The molecule has 118 valence electrons. The number of nitrogen functional groups attached to an aromatic ring is 1. The summed E-state index contributed by atoms with van der Waals surface area (Å²) in [6.07, 6.45) is 1.64. The molecule has 3 N–H and O–H groups in total. The number of benzene rings is 1. The summed E-state index contributed by atoms with van der Waals surface area (Å²) >= 11 is 0. The van der Waals surface area contributed by atoms with Crippen LogP contribution in [0.1, 0.15) is 25.2 Å². The molecular formula is C14H20N6O2. The molecule has 1 aromatic carbocycles. The topological polar surface area (TPSA) is 99.6 Å². The summed E-state index contributed by atoms with van der Waals surface area (Å²) in [5, 5.41) is 11.8. The van der Waals surface area contributed by atoms with E-state index in [4.69, 9.17) is 15.3 Å². The van der Waals surface area contributed by atoms with E-state index in [2.05, 4.69) is 20.7 Å². The van der Waals surface area contributed by atoms with Crippen LogP contribution in [0.15, 0.2) is 23.3 Å². The average Bonchev–Trinajstić information content (AvgIpc) is 2.82. The fraction of sp³-hybridized carbons (Fsp3) is 0.357. The van der Waals surface area contributed by atoms with Crippen LogP contribution in [0, 0.1) is 6.92 Å². The summed E-state index contributed by atoms with van der Waals surface area (Å²) in [5.41, 5.74) is 3.60. The number of aromatic nitrogens is 3. The average molecular weight is 304 g/mol. The van der Waals surface area contributed by atoms with E-state index in [1.807, 2.05) is 32.0 Å². The standard InChI is InChI=1S/C14H20N6O2/c1-4-21-12-7-6-11(8-13(12)22-5-2)9-16-18-14-19-17-10(3)20(14)15/h6-9H,4-5,15H2,1-3H3,(H,18,19)/b16-9-. The van der Waals surface area contributed by atoms with Gasteiger partial charge in [0.2, 0.25) is 0 Å². The van der Waals surface area contributed by atoms with Crippen molar-refractivity contribution >= 4 is 12.2 Å². The van der Waals surface area contributed by atoms with Gasteiger partial charge in [0, 0.05) is 0 Å². The first-order valence-electron chi connectivity index (χ1n) is 7.01. The molecule has 0 spiro atoms. The van der Waals surface area contributed by atoms with E-state index in [1.165, 1.54) is 4.68 Å². The molecule has 8 heteroatoms. The van der Waals surface area contributed by atoms with Gasteiger partial charge in [0.25, 0.3) is 5.95 Å². The second-order valence-corrected chi connectivity index (χ2v) is 4.38. The highest BCUT2D eigenvalue weighted by Crippen LogP contribution is 2.27. The molecule has 0 aliphatic heterocycles. The van der Waals surface area contributed by atoms with Gasteiger partial charge in [-0.3, -0.25) is 0 Å². The third-order valence-electron chi connectivity index (χ3n) is 2.81. The lowest BCUT2D eigenvalue weighted by Gasteiger charge is -2.11. The Balaban J connectivity index is 2.10. The van der Waals surface area contributed by atoms with Crippen LogP contribution in [0.3, 0.4) is 0 Å². The molecule has 0 fully saturated rings. The Kier molecular flexibility index (Phi) is 5.18. The van der Waals surface area contributed by atoms with E-state index < -0.39 is 0 Å². The van der Waals surface area contributed by atoms with E-state index in [-0.39, 0.29) is 0 Å². The van der Waals surface area contributed by atoms with Gasteiger partial charge in [-0.15, -0.1) is 10.2 Å². The van der Waals surface area contributed by atoms with E-state index in [0.717, 1.165) is 5.56 Å². The quantitative estimate of drug-likeness (QED) is 0.457. The van der Waals surface area contributed by atoms with Crippen molar-refractivity contribution in [3.05, 3.63) is 29.6 Å². The number of aryl methyl sites for hydroxylation is 1. The lowest BCUT2D eigenvalue weighted by atomic mass is 10.2. The fourth-order valence-electron chi connectivity index (χ4n) is 1.76. The molecule has 22 heavy (non-hydrogen) atoms. The van der Waals surface area contributed by atoms with Crippen LogP contribution in [0.25, 0.3) is 0 Å². The molecular weight excluding hydrogens is 284 g/mol. The molecule has 0 atom stereocenters. The highest BCUT2D eigenvalue weighted by molar-refractivity contribution is 5.81. The lowest BCUT2D eigenvalue weighted by Crippen LogP contribution is -2.13. The van der Waals surface area contributed by atoms with Gasteiger partial charge in [0.1, 0.15) is 0 Å². The van der Waals surface area contributed by atoms with Crippen LogP contribution in [0.2, 0.25) is 0 Å². The van der Waals surface area contributed by atoms with Crippen LogP contribution in [0.4, 0.5) is 5.95 Å². The molecule has 0 unspecified atom stereocenters. The number of rotatable bonds is 7. The summed E-state index contributed by atoms with van der Waals surface area (Å²) in [4.78, 5) is 0. The molecule has 0 radical (unpaired) electrons. The summed E-state index contributed by atoms with van der Waals surface area (Å²) in [7, 11) is 0. The molecule has 2 rings (SSSR count). The summed E-state index contributed by atoms with van der Waals surface area (Å²) in [6.45, 7) is 6.76. The Labute approximate surface area is 128 Å². The second kappa shape index (κ2) is 7.30. The molecule has 2 aromatic rings. The number of nitrogens with zero attached hydrogens (tertiary/aromatic N) is 4. The fourth-order valence-corrected chi connectivity index (χ4v) is 1.76. The van der Waals surface area contributed by atoms with Crippen LogP contribution < -0.4 is 20.7 Å². The van der Waals surface area contributed by atoms with Gasteiger partial charge < -0.3 is 15.3 Å². The second-order valence-electron chi connectivity index (χ2n) is 4.38. The zero-order valence-electron chi connectivity index (χ0n) is 12.9. The van der Waals surface area contributed by atoms with Crippen LogP contribution >= 0.6 is 0 Å². The van der Waals surface area contributed by atoms with Crippen molar-refractivity contribution in [2.24, 2.45) is 5.10 Å². The Morgan fingerprint density at radius 2 is 1.95 bits per heavy atom. The Morgan fingerprint density at radius 3 is 2.59 bits per heavy atom. The first kappa shape index (κ1) is 15.6. The van der Waals surface area contributed by atoms with Gasteiger partial charge >= 0.3 is 0 Å². The van der Waals surface area contributed by atoms with Crippen molar-refractivity contribution in [1.29, 1.82) is 0 Å². The first-order chi connectivity index (χ1) is 10.7. The maximum absolute atomic E-state index is 5.72. The predicted molar refractivity (Wildman–Crippen MR) is 84.9 cm³/mol. The van der Waals surface area contributed by atoms with E-state index in [0.29, 0.717) is 36.5 Å². The zero-order chi connectivity index (χ0) is 15.9. The van der Waals surface area contributed by atoms with Gasteiger partial charge in [-0.2, -0.15) is 5.10 Å². The van der Waals surface area contributed by atoms with Crippen LogP contribution in [-0.4, -0.2) is 34.3 Å². The minimum Gasteiger partial charge on any atom is -0.490 e. The Hall–Kier alpha value is -2.77. The minimum atomic E-state index is 0.365. The highest BCUT2D eigenvalue weighted by Gasteiger charge is 2.06. The summed E-state index contributed by atoms with van der Waals surface area (Å²) in [6, 6.07) is 5.60. The number of nitrogens with two attached hydrogens (primary N) is 1. The van der Waals surface area contributed by atoms with E-state index >= 15 is 0 Å². The normalized spacial score (nSPS) is 10.9. The lowest BCUT2D eigenvalue weighted by molar-refractivity contribution is 0.288. The van der Waals surface area contributed by atoms with Gasteiger partial charge in [-0.25, -0.2) is 10.1 Å². The largest absolute Gasteiger partial charge is 0.490 e. The first-order valence-corrected chi connectivity index (χ1v) is 7.01. The number of hydrogen-bond acceptors (Lipinski definition) is 7. The van der Waals surface area contributed by atoms with Crippen LogP contribution in [0.5, 0.6) is 11.5 Å². The molecule has 1 aromatic heterocycles. The van der Waals surface area contributed by atoms with Gasteiger partial charge in [0.05, 0.1) is 19.4 Å². The number of hydrazone groups is 1. The van der Waals surface area contributed by atoms with Crippen molar-refractivity contribution in [2.45, 2.75) is 20.8 Å². The number of anilines is 1. The zero-order valence-corrected chi connectivity index (χ0v) is 12.9. The van der Waals surface area contributed by atoms with Gasteiger partial charge in [-0.05, 0) is 44.5 Å². The van der Waals surface area contributed by atoms with Crippen molar-refractivity contribution in [1.82, 2.24) is 14.9 Å². The molecule has 8 nitrogen and oxygen atoms in total.